The first-order valence-electron chi connectivity index (χ1n) is 6.94. The van der Waals surface area contributed by atoms with Gasteiger partial charge in [-0.1, -0.05) is 0 Å². The largest absolute Gasteiger partial charge is 0.471 e. The molecule has 0 saturated heterocycles. The summed E-state index contributed by atoms with van der Waals surface area (Å²) in [6, 6.07) is 8.32. The molecular weight excluding hydrogens is 330 g/mol. The molecule has 24 heavy (non-hydrogen) atoms. The van der Waals surface area contributed by atoms with Gasteiger partial charge >= 0.3 is 0 Å². The van der Waals surface area contributed by atoms with Crippen LogP contribution in [0.1, 0.15) is 0 Å². The number of pyridine rings is 2. The van der Waals surface area contributed by atoms with Gasteiger partial charge in [0.25, 0.3) is 10.0 Å². The van der Waals surface area contributed by atoms with Crippen LogP contribution in [0.2, 0.25) is 0 Å². The Bertz CT molecular complexity index is 1090. The third kappa shape index (κ3) is 2.61. The van der Waals surface area contributed by atoms with Gasteiger partial charge in [0.05, 0.1) is 18.1 Å². The lowest BCUT2D eigenvalue weighted by Gasteiger charge is -2.05. The predicted octanol–water partition coefficient (Wildman–Crippen LogP) is 2.19. The molecule has 0 bridgehead atoms. The van der Waals surface area contributed by atoms with Crippen LogP contribution in [-0.4, -0.2) is 28.0 Å². The zero-order valence-electron chi connectivity index (χ0n) is 12.2. The Kier molecular flexibility index (Phi) is 3.28. The Labute approximate surface area is 136 Å². The van der Waals surface area contributed by atoms with Crippen molar-refractivity contribution in [1.29, 1.82) is 0 Å². The Hall–Kier alpha value is -3.20. The number of anilines is 1. The van der Waals surface area contributed by atoms with Crippen molar-refractivity contribution >= 4 is 21.4 Å². The number of hydrogen-bond donors (Lipinski definition) is 1. The lowest BCUT2D eigenvalue weighted by atomic mass is 10.3. The van der Waals surface area contributed by atoms with E-state index in [-0.39, 0.29) is 4.90 Å². The number of rotatable bonds is 4. The molecule has 9 heteroatoms. The maximum absolute atomic E-state index is 12.2. The lowest BCUT2D eigenvalue weighted by Crippen LogP contribution is -2.12. The summed E-state index contributed by atoms with van der Waals surface area (Å²) >= 11 is 0. The van der Waals surface area contributed by atoms with E-state index in [1.807, 2.05) is 6.07 Å². The minimum absolute atomic E-state index is 0.0530. The molecule has 0 aliphatic heterocycles. The normalized spacial score (nSPS) is 11.7. The smallest absolute Gasteiger partial charge is 0.265 e. The van der Waals surface area contributed by atoms with Crippen LogP contribution in [0.15, 0.2) is 70.8 Å². The summed E-state index contributed by atoms with van der Waals surface area (Å²) in [6.07, 6.45) is 7.35. The zero-order chi connectivity index (χ0) is 16.6. The van der Waals surface area contributed by atoms with E-state index in [1.165, 1.54) is 16.8 Å². The Balaban J connectivity index is 1.69. The maximum atomic E-state index is 12.2. The van der Waals surface area contributed by atoms with Crippen LogP contribution in [0.25, 0.3) is 17.0 Å². The molecule has 0 aliphatic carbocycles. The van der Waals surface area contributed by atoms with Crippen LogP contribution in [0.3, 0.4) is 0 Å². The fourth-order valence-electron chi connectivity index (χ4n) is 2.18. The van der Waals surface area contributed by atoms with Gasteiger partial charge in [0.2, 0.25) is 0 Å². The highest BCUT2D eigenvalue weighted by Crippen LogP contribution is 2.19. The summed E-state index contributed by atoms with van der Waals surface area (Å²) in [5, 5.41) is 4.35. The van der Waals surface area contributed by atoms with Gasteiger partial charge < -0.3 is 4.42 Å². The van der Waals surface area contributed by atoms with E-state index in [4.69, 9.17) is 4.42 Å². The van der Waals surface area contributed by atoms with Gasteiger partial charge in [0.1, 0.15) is 11.2 Å². The monoisotopic (exact) mass is 341 g/mol. The maximum Gasteiger partial charge on any atom is 0.265 e. The second-order valence-corrected chi connectivity index (χ2v) is 6.64. The number of furan rings is 1. The quantitative estimate of drug-likeness (QED) is 0.610. The molecule has 8 nitrogen and oxygen atoms in total. The number of aromatic nitrogens is 4. The molecule has 0 spiro atoms. The van der Waals surface area contributed by atoms with Crippen molar-refractivity contribution in [3.63, 3.8) is 0 Å². The second kappa shape index (κ2) is 5.46. The molecule has 0 atom stereocenters. The Morgan fingerprint density at radius 1 is 1.17 bits per heavy atom. The molecule has 4 aromatic heterocycles. The number of sulfonamides is 1. The third-order valence-corrected chi connectivity index (χ3v) is 4.67. The Morgan fingerprint density at radius 2 is 2.08 bits per heavy atom. The van der Waals surface area contributed by atoms with Crippen LogP contribution in [0.4, 0.5) is 5.69 Å². The van der Waals surface area contributed by atoms with Gasteiger partial charge in [-0.05, 0) is 30.3 Å². The number of nitrogens with zero attached hydrogens (tertiary/aromatic N) is 4. The van der Waals surface area contributed by atoms with E-state index in [2.05, 4.69) is 19.8 Å². The molecular formula is C15H11N5O3S. The molecule has 4 heterocycles. The van der Waals surface area contributed by atoms with E-state index in [9.17, 15) is 8.42 Å². The predicted molar refractivity (Wildman–Crippen MR) is 85.7 cm³/mol. The molecule has 0 aliphatic rings. The number of fused-ring (bicyclic) bond motifs is 1. The van der Waals surface area contributed by atoms with Crippen LogP contribution >= 0.6 is 0 Å². The Morgan fingerprint density at radius 3 is 2.83 bits per heavy atom. The SMILES string of the molecule is O=S(=O)(Nc1ccc2nc(-c3cccnc3)nn2c1)c1ccoc1. The lowest BCUT2D eigenvalue weighted by molar-refractivity contribution is 0.557. The van der Waals surface area contributed by atoms with E-state index in [0.29, 0.717) is 17.2 Å². The van der Waals surface area contributed by atoms with Gasteiger partial charge in [0, 0.05) is 18.0 Å². The van der Waals surface area contributed by atoms with E-state index in [0.717, 1.165) is 11.8 Å². The molecule has 0 amide bonds. The van der Waals surface area contributed by atoms with Crippen molar-refractivity contribution in [2.75, 3.05) is 4.72 Å². The zero-order valence-corrected chi connectivity index (χ0v) is 13.0. The fourth-order valence-corrected chi connectivity index (χ4v) is 3.15. The van der Waals surface area contributed by atoms with Crippen LogP contribution in [-0.2, 0) is 10.0 Å². The molecule has 4 aromatic rings. The van der Waals surface area contributed by atoms with Crippen LogP contribution < -0.4 is 4.72 Å². The minimum atomic E-state index is -3.70. The van der Waals surface area contributed by atoms with Crippen LogP contribution in [0, 0.1) is 0 Å². The molecule has 4 rings (SSSR count). The summed E-state index contributed by atoms with van der Waals surface area (Å²) in [4.78, 5) is 8.48. The van der Waals surface area contributed by atoms with Gasteiger partial charge in [-0.25, -0.2) is 17.9 Å². The first-order chi connectivity index (χ1) is 11.6. The van der Waals surface area contributed by atoms with Crippen molar-refractivity contribution in [2.24, 2.45) is 0 Å². The van der Waals surface area contributed by atoms with Gasteiger partial charge in [-0.2, -0.15) is 0 Å². The van der Waals surface area contributed by atoms with Crippen molar-refractivity contribution in [2.45, 2.75) is 4.90 Å². The summed E-state index contributed by atoms with van der Waals surface area (Å²) < 4.78 is 33.2. The highest BCUT2D eigenvalue weighted by atomic mass is 32.2. The molecule has 0 unspecified atom stereocenters. The average molecular weight is 341 g/mol. The van der Waals surface area contributed by atoms with Crippen molar-refractivity contribution in [3.05, 3.63) is 61.4 Å². The fraction of sp³-hybridized carbons (Fsp3) is 0. The molecule has 0 fully saturated rings. The van der Waals surface area contributed by atoms with Crippen molar-refractivity contribution < 1.29 is 12.8 Å². The van der Waals surface area contributed by atoms with Crippen molar-refractivity contribution in [1.82, 2.24) is 19.6 Å². The van der Waals surface area contributed by atoms with E-state index >= 15 is 0 Å². The number of hydrogen-bond acceptors (Lipinski definition) is 6. The first-order valence-corrected chi connectivity index (χ1v) is 8.42. The molecule has 1 N–H and O–H groups in total. The molecule has 0 aromatic carbocycles. The summed E-state index contributed by atoms with van der Waals surface area (Å²) in [7, 11) is -3.70. The highest BCUT2D eigenvalue weighted by molar-refractivity contribution is 7.92. The van der Waals surface area contributed by atoms with Crippen LogP contribution in [0.5, 0.6) is 0 Å². The topological polar surface area (TPSA) is 102 Å². The summed E-state index contributed by atoms with van der Waals surface area (Å²) in [5.74, 6) is 0.512. The standard InChI is InChI=1S/C15H11N5O3S/c21-24(22,13-5-7-23-10-13)19-12-3-4-14-17-15(18-20(14)9-12)11-2-1-6-16-8-11/h1-10,19H. The van der Waals surface area contributed by atoms with Gasteiger partial charge in [-0.3, -0.25) is 9.71 Å². The molecule has 0 saturated carbocycles. The summed E-state index contributed by atoms with van der Waals surface area (Å²) in [5.41, 5.74) is 1.74. The molecule has 0 radical (unpaired) electrons. The van der Waals surface area contributed by atoms with Gasteiger partial charge in [0.15, 0.2) is 11.5 Å². The van der Waals surface area contributed by atoms with Crippen molar-refractivity contribution in [3.8, 4) is 11.4 Å². The number of nitrogens with one attached hydrogen (secondary N) is 1. The first kappa shape index (κ1) is 14.4. The third-order valence-electron chi connectivity index (χ3n) is 3.31. The van der Waals surface area contributed by atoms with E-state index in [1.54, 1.807) is 36.8 Å². The minimum Gasteiger partial charge on any atom is -0.471 e. The molecule has 120 valence electrons. The highest BCUT2D eigenvalue weighted by Gasteiger charge is 2.16. The summed E-state index contributed by atoms with van der Waals surface area (Å²) in [6.45, 7) is 0. The van der Waals surface area contributed by atoms with E-state index < -0.39 is 10.0 Å². The second-order valence-electron chi connectivity index (χ2n) is 4.96. The average Bonchev–Trinajstić information content (AvgIpc) is 3.25. The van der Waals surface area contributed by atoms with Gasteiger partial charge in [-0.15, -0.1) is 5.10 Å².